The maximum Gasteiger partial charge on any atom is 0.266 e. The first-order valence-electron chi connectivity index (χ1n) is 9.86. The minimum Gasteiger partial charge on any atom is -0.342 e. The SMILES string of the molecule is Cc1ccc(Cl)cc1NC(=O)/C(C#N)=C/c1cn(Cc2ccccc2)c2ccccc12. The summed E-state index contributed by atoms with van der Waals surface area (Å²) in [5.74, 6) is -0.465. The van der Waals surface area contributed by atoms with Gasteiger partial charge in [-0.25, -0.2) is 0 Å². The van der Waals surface area contributed by atoms with Crippen LogP contribution in [0.15, 0.2) is 84.6 Å². The number of carbonyl (C=O) groups excluding carboxylic acids is 1. The van der Waals surface area contributed by atoms with Crippen LogP contribution in [0.3, 0.4) is 0 Å². The molecule has 0 aliphatic carbocycles. The highest BCUT2D eigenvalue weighted by atomic mass is 35.5. The molecule has 0 spiro atoms. The van der Waals surface area contributed by atoms with Crippen molar-refractivity contribution in [2.75, 3.05) is 5.32 Å². The normalized spacial score (nSPS) is 11.3. The molecule has 31 heavy (non-hydrogen) atoms. The van der Waals surface area contributed by atoms with Gasteiger partial charge in [-0.3, -0.25) is 4.79 Å². The summed E-state index contributed by atoms with van der Waals surface area (Å²) >= 11 is 6.04. The number of benzene rings is 3. The number of rotatable bonds is 5. The summed E-state index contributed by atoms with van der Waals surface area (Å²) < 4.78 is 2.13. The Morgan fingerprint density at radius 2 is 1.84 bits per heavy atom. The zero-order valence-corrected chi connectivity index (χ0v) is 17.7. The summed E-state index contributed by atoms with van der Waals surface area (Å²) in [6, 6.07) is 25.4. The first-order valence-corrected chi connectivity index (χ1v) is 10.2. The lowest BCUT2D eigenvalue weighted by molar-refractivity contribution is -0.112. The van der Waals surface area contributed by atoms with Crippen molar-refractivity contribution in [2.24, 2.45) is 0 Å². The molecule has 0 saturated heterocycles. The lowest BCUT2D eigenvalue weighted by Crippen LogP contribution is -2.14. The Morgan fingerprint density at radius 3 is 2.61 bits per heavy atom. The number of nitriles is 1. The van der Waals surface area contributed by atoms with E-state index in [0.29, 0.717) is 17.3 Å². The fourth-order valence-corrected chi connectivity index (χ4v) is 3.70. The number of hydrogen-bond donors (Lipinski definition) is 1. The fourth-order valence-electron chi connectivity index (χ4n) is 3.52. The highest BCUT2D eigenvalue weighted by Crippen LogP contribution is 2.25. The van der Waals surface area contributed by atoms with Crippen LogP contribution < -0.4 is 5.32 Å². The van der Waals surface area contributed by atoms with Crippen molar-refractivity contribution in [3.8, 4) is 6.07 Å². The number of amides is 1. The van der Waals surface area contributed by atoms with E-state index in [1.165, 1.54) is 5.56 Å². The van der Waals surface area contributed by atoms with Crippen LogP contribution in [0.4, 0.5) is 5.69 Å². The number of aromatic nitrogens is 1. The van der Waals surface area contributed by atoms with Crippen LogP contribution in [0, 0.1) is 18.3 Å². The summed E-state index contributed by atoms with van der Waals surface area (Å²) in [6.07, 6.45) is 3.62. The molecule has 0 atom stereocenters. The van der Waals surface area contributed by atoms with Crippen molar-refractivity contribution in [1.82, 2.24) is 4.57 Å². The predicted octanol–water partition coefficient (Wildman–Crippen LogP) is 6.20. The number of aryl methyl sites for hydroxylation is 1. The number of nitrogens with one attached hydrogen (secondary N) is 1. The van der Waals surface area contributed by atoms with Crippen molar-refractivity contribution in [3.05, 3.63) is 106 Å². The molecule has 4 rings (SSSR count). The highest BCUT2D eigenvalue weighted by Gasteiger charge is 2.14. The van der Waals surface area contributed by atoms with E-state index in [4.69, 9.17) is 11.6 Å². The van der Waals surface area contributed by atoms with Gasteiger partial charge in [0.05, 0.1) is 0 Å². The standard InChI is InChI=1S/C26H20ClN3O/c1-18-11-12-22(27)14-24(18)29-26(31)20(15-28)13-21-17-30(16-19-7-3-2-4-8-19)25-10-6-5-9-23(21)25/h2-14,17H,16H2,1H3,(H,29,31)/b20-13+. The lowest BCUT2D eigenvalue weighted by atomic mass is 10.1. The molecule has 4 nitrogen and oxygen atoms in total. The van der Waals surface area contributed by atoms with Gasteiger partial charge in [0.15, 0.2) is 0 Å². The van der Waals surface area contributed by atoms with E-state index in [0.717, 1.165) is 22.0 Å². The van der Waals surface area contributed by atoms with Gasteiger partial charge in [-0.15, -0.1) is 0 Å². The average Bonchev–Trinajstić information content (AvgIpc) is 3.12. The third-order valence-electron chi connectivity index (χ3n) is 5.13. The molecule has 4 aromatic rings. The molecular weight excluding hydrogens is 406 g/mol. The Balaban J connectivity index is 1.69. The van der Waals surface area contributed by atoms with E-state index in [-0.39, 0.29) is 5.57 Å². The van der Waals surface area contributed by atoms with Gasteiger partial charge in [0.25, 0.3) is 5.91 Å². The van der Waals surface area contributed by atoms with Gasteiger partial charge in [0, 0.05) is 39.9 Å². The van der Waals surface area contributed by atoms with Crippen molar-refractivity contribution in [2.45, 2.75) is 13.5 Å². The van der Waals surface area contributed by atoms with E-state index >= 15 is 0 Å². The Kier molecular flexibility index (Phi) is 5.88. The third-order valence-corrected chi connectivity index (χ3v) is 5.36. The van der Waals surface area contributed by atoms with Crippen molar-refractivity contribution in [3.63, 3.8) is 0 Å². The minimum atomic E-state index is -0.465. The van der Waals surface area contributed by atoms with E-state index in [1.54, 1.807) is 18.2 Å². The van der Waals surface area contributed by atoms with Gasteiger partial charge in [0.1, 0.15) is 11.6 Å². The summed E-state index contributed by atoms with van der Waals surface area (Å²) in [7, 11) is 0. The molecule has 0 bridgehead atoms. The molecule has 1 aromatic heterocycles. The average molecular weight is 426 g/mol. The van der Waals surface area contributed by atoms with Gasteiger partial charge in [0.2, 0.25) is 0 Å². The van der Waals surface area contributed by atoms with E-state index in [1.807, 2.05) is 67.7 Å². The Bertz CT molecular complexity index is 1330. The Hall–Kier alpha value is -3.81. The molecule has 0 aliphatic rings. The fraction of sp³-hybridized carbons (Fsp3) is 0.0769. The number of nitrogens with zero attached hydrogens (tertiary/aromatic N) is 2. The zero-order valence-electron chi connectivity index (χ0n) is 17.0. The molecule has 0 saturated carbocycles. The summed E-state index contributed by atoms with van der Waals surface area (Å²) in [4.78, 5) is 12.8. The topological polar surface area (TPSA) is 57.8 Å². The summed E-state index contributed by atoms with van der Waals surface area (Å²) in [5, 5.41) is 14.0. The van der Waals surface area contributed by atoms with Crippen molar-refractivity contribution >= 4 is 40.2 Å². The first kappa shape index (κ1) is 20.5. The maximum absolute atomic E-state index is 12.8. The second-order valence-corrected chi connectivity index (χ2v) is 7.73. The molecule has 0 aliphatic heterocycles. The second kappa shape index (κ2) is 8.91. The van der Waals surface area contributed by atoms with Gasteiger partial charge < -0.3 is 9.88 Å². The number of halogens is 1. The highest BCUT2D eigenvalue weighted by molar-refractivity contribution is 6.31. The Labute approximate surface area is 186 Å². The maximum atomic E-state index is 12.8. The Morgan fingerprint density at radius 1 is 1.10 bits per heavy atom. The first-order chi connectivity index (χ1) is 15.0. The molecule has 0 radical (unpaired) electrons. The second-order valence-electron chi connectivity index (χ2n) is 7.30. The molecule has 3 aromatic carbocycles. The van der Waals surface area contributed by atoms with Crippen molar-refractivity contribution in [1.29, 1.82) is 5.26 Å². The molecule has 1 N–H and O–H groups in total. The van der Waals surface area contributed by atoms with Gasteiger partial charge >= 0.3 is 0 Å². The van der Waals surface area contributed by atoms with Gasteiger partial charge in [-0.2, -0.15) is 5.26 Å². The third kappa shape index (κ3) is 4.53. The van der Waals surface area contributed by atoms with Gasteiger partial charge in [-0.1, -0.05) is 66.2 Å². The van der Waals surface area contributed by atoms with Crippen LogP contribution in [0.2, 0.25) is 5.02 Å². The number of carbonyl (C=O) groups is 1. The number of para-hydroxylation sites is 1. The zero-order chi connectivity index (χ0) is 21.8. The van der Waals surface area contributed by atoms with E-state index in [9.17, 15) is 10.1 Å². The number of fused-ring (bicyclic) bond motifs is 1. The molecule has 1 amide bonds. The monoisotopic (exact) mass is 425 g/mol. The van der Waals surface area contributed by atoms with Crippen LogP contribution in [0.25, 0.3) is 17.0 Å². The van der Waals surface area contributed by atoms with E-state index in [2.05, 4.69) is 22.0 Å². The predicted molar refractivity (Wildman–Crippen MR) is 126 cm³/mol. The van der Waals surface area contributed by atoms with Gasteiger partial charge in [-0.05, 0) is 42.3 Å². The summed E-state index contributed by atoms with van der Waals surface area (Å²) in [5.41, 5.74) is 4.53. The van der Waals surface area contributed by atoms with Crippen LogP contribution in [-0.2, 0) is 11.3 Å². The molecule has 0 fully saturated rings. The smallest absolute Gasteiger partial charge is 0.266 e. The lowest BCUT2D eigenvalue weighted by Gasteiger charge is -2.08. The quantitative estimate of drug-likeness (QED) is 0.306. The largest absolute Gasteiger partial charge is 0.342 e. The van der Waals surface area contributed by atoms with Crippen LogP contribution >= 0.6 is 11.6 Å². The van der Waals surface area contributed by atoms with Crippen LogP contribution in [0.5, 0.6) is 0 Å². The summed E-state index contributed by atoms with van der Waals surface area (Å²) in [6.45, 7) is 2.57. The van der Waals surface area contributed by atoms with Crippen LogP contribution in [-0.4, -0.2) is 10.5 Å². The van der Waals surface area contributed by atoms with Crippen molar-refractivity contribution < 1.29 is 4.79 Å². The molecule has 1 heterocycles. The van der Waals surface area contributed by atoms with Crippen LogP contribution in [0.1, 0.15) is 16.7 Å². The molecule has 5 heteroatoms. The molecule has 152 valence electrons. The number of hydrogen-bond acceptors (Lipinski definition) is 2. The minimum absolute atomic E-state index is 0.0296. The number of anilines is 1. The molecule has 0 unspecified atom stereocenters. The molecular formula is C26H20ClN3O. The van der Waals surface area contributed by atoms with E-state index < -0.39 is 5.91 Å².